The van der Waals surface area contributed by atoms with Gasteiger partial charge in [-0.25, -0.2) is 0 Å². The summed E-state index contributed by atoms with van der Waals surface area (Å²) in [5.41, 5.74) is 3.44. The van der Waals surface area contributed by atoms with Gasteiger partial charge in [-0.1, -0.05) is 43.2 Å². The number of H-pyrrole nitrogens is 1. The molecule has 0 radical (unpaired) electrons. The minimum Gasteiger partial charge on any atom is -0.386 e. The van der Waals surface area contributed by atoms with E-state index in [0.717, 1.165) is 31.3 Å². The highest BCUT2D eigenvalue weighted by Gasteiger charge is 2.77. The van der Waals surface area contributed by atoms with Gasteiger partial charge in [0.1, 0.15) is 17.3 Å². The molecule has 3 aliphatic carbocycles. The molecule has 1 aromatic heterocycles. The second kappa shape index (κ2) is 9.53. The number of fused-ring (bicyclic) bond motifs is 10. The number of nitrogens with one attached hydrogen (secondary N) is 1. The van der Waals surface area contributed by atoms with Crippen molar-refractivity contribution in [2.24, 2.45) is 11.3 Å². The first-order valence-electron chi connectivity index (χ1n) is 16.5. The minimum atomic E-state index is -1.43. The molecular weight excluding hydrogens is 538 g/mol. The predicted octanol–water partition coefficient (Wildman–Crippen LogP) is 6.81. The smallest absolute Gasteiger partial charge is 0.178 e. The molecule has 3 N–H and O–H groups in total. The monoisotopic (exact) mass is 589 g/mol. The fourth-order valence-electron chi connectivity index (χ4n) is 10.3. The summed E-state index contributed by atoms with van der Waals surface area (Å²) in [6.07, 6.45) is 7.77. The predicted molar refractivity (Wildman–Crippen MR) is 169 cm³/mol. The Morgan fingerprint density at radius 3 is 2.49 bits per heavy atom. The Morgan fingerprint density at radius 1 is 1.00 bits per heavy atom. The summed E-state index contributed by atoms with van der Waals surface area (Å²) in [5, 5.41) is 27.3. The molecule has 0 amide bonds. The van der Waals surface area contributed by atoms with Crippen LogP contribution in [-0.2, 0) is 32.5 Å². The molecule has 0 bridgehead atoms. The second-order valence-corrected chi connectivity index (χ2v) is 15.9. The maximum Gasteiger partial charge on any atom is 0.178 e. The first kappa shape index (κ1) is 29.7. The van der Waals surface area contributed by atoms with Crippen LogP contribution in [0.15, 0.2) is 41.5 Å². The number of aromatic nitrogens is 1. The van der Waals surface area contributed by atoms with Crippen molar-refractivity contribution in [3.63, 3.8) is 0 Å². The van der Waals surface area contributed by atoms with Gasteiger partial charge in [-0.05, 0) is 109 Å². The zero-order chi connectivity index (χ0) is 30.7. The highest BCUT2D eigenvalue weighted by molar-refractivity contribution is 5.89. The molecule has 6 heteroatoms. The Balaban J connectivity index is 1.30. The fourth-order valence-corrected chi connectivity index (χ4v) is 10.3. The Kier molecular flexibility index (Phi) is 6.59. The van der Waals surface area contributed by atoms with Crippen molar-refractivity contribution < 1.29 is 24.4 Å². The molecule has 7 rings (SSSR count). The number of rotatable bonds is 3. The van der Waals surface area contributed by atoms with Crippen LogP contribution in [-0.4, -0.2) is 56.6 Å². The van der Waals surface area contributed by atoms with E-state index >= 15 is 0 Å². The fraction of sp³-hybridized carbons (Fsp3) is 0.676. The molecule has 43 heavy (non-hydrogen) atoms. The number of benzene rings is 1. The summed E-state index contributed by atoms with van der Waals surface area (Å²) in [5.74, 6) is 0.401. The molecule has 9 atom stereocenters. The largest absolute Gasteiger partial charge is 0.386 e. The lowest BCUT2D eigenvalue weighted by Gasteiger charge is -2.70. The minimum absolute atomic E-state index is 0.314. The van der Waals surface area contributed by atoms with Crippen molar-refractivity contribution in [2.45, 2.75) is 147 Å². The first-order valence-corrected chi connectivity index (χ1v) is 16.5. The molecule has 2 saturated heterocycles. The number of ether oxygens (including phenoxy) is 3. The van der Waals surface area contributed by atoms with Gasteiger partial charge in [0.05, 0.1) is 17.8 Å². The van der Waals surface area contributed by atoms with Gasteiger partial charge < -0.3 is 29.4 Å². The number of aromatic amines is 1. The van der Waals surface area contributed by atoms with Crippen LogP contribution in [0.25, 0.3) is 10.9 Å². The van der Waals surface area contributed by atoms with Gasteiger partial charge in [0.15, 0.2) is 6.29 Å². The number of aliphatic hydroxyl groups is 2. The van der Waals surface area contributed by atoms with E-state index in [1.165, 1.54) is 33.3 Å². The van der Waals surface area contributed by atoms with E-state index in [1.807, 2.05) is 19.9 Å². The first-order chi connectivity index (χ1) is 20.1. The molecule has 4 fully saturated rings. The van der Waals surface area contributed by atoms with E-state index in [0.29, 0.717) is 25.2 Å². The maximum absolute atomic E-state index is 13.1. The van der Waals surface area contributed by atoms with Gasteiger partial charge in [0.25, 0.3) is 0 Å². The third kappa shape index (κ3) is 3.89. The molecule has 2 saturated carbocycles. The van der Waals surface area contributed by atoms with Gasteiger partial charge in [-0.3, -0.25) is 0 Å². The average Bonchev–Trinajstić information content (AvgIpc) is 3.42. The van der Waals surface area contributed by atoms with E-state index in [-0.39, 0.29) is 17.6 Å². The van der Waals surface area contributed by atoms with Crippen molar-refractivity contribution in [1.82, 2.24) is 4.98 Å². The maximum atomic E-state index is 13.1. The average molecular weight is 590 g/mol. The Bertz CT molecular complexity index is 1510. The van der Waals surface area contributed by atoms with E-state index in [1.54, 1.807) is 0 Å². The lowest BCUT2D eigenvalue weighted by Crippen LogP contribution is -2.81. The molecule has 3 heterocycles. The van der Waals surface area contributed by atoms with Crippen LogP contribution in [0, 0.1) is 11.3 Å². The van der Waals surface area contributed by atoms with Crippen LogP contribution in [0.3, 0.4) is 0 Å². The molecule has 0 spiro atoms. The normalized spacial score (nSPS) is 42.7. The second-order valence-electron chi connectivity index (χ2n) is 15.9. The lowest BCUT2D eigenvalue weighted by molar-refractivity contribution is -0.394. The molecular formula is C37H51NO5. The van der Waals surface area contributed by atoms with Crippen LogP contribution >= 0.6 is 0 Å². The third-order valence-electron chi connectivity index (χ3n) is 12.6. The van der Waals surface area contributed by atoms with Crippen LogP contribution in [0.1, 0.15) is 104 Å². The topological polar surface area (TPSA) is 83.9 Å². The Hall–Kier alpha value is -1.96. The van der Waals surface area contributed by atoms with E-state index in [4.69, 9.17) is 14.2 Å². The van der Waals surface area contributed by atoms with Gasteiger partial charge in [0.2, 0.25) is 0 Å². The summed E-state index contributed by atoms with van der Waals surface area (Å²) >= 11 is 0. The van der Waals surface area contributed by atoms with Gasteiger partial charge in [0, 0.05) is 33.8 Å². The molecule has 2 aromatic rings. The van der Waals surface area contributed by atoms with Crippen molar-refractivity contribution in [3.8, 4) is 0 Å². The van der Waals surface area contributed by atoms with Crippen LogP contribution in [0.5, 0.6) is 0 Å². The molecule has 0 unspecified atom stereocenters. The van der Waals surface area contributed by atoms with Crippen molar-refractivity contribution >= 4 is 10.9 Å². The summed E-state index contributed by atoms with van der Waals surface area (Å²) in [6, 6.07) is 6.62. The molecule has 2 aliphatic heterocycles. The highest BCUT2D eigenvalue weighted by atomic mass is 16.7. The van der Waals surface area contributed by atoms with Crippen LogP contribution in [0.4, 0.5) is 0 Å². The zero-order valence-corrected chi connectivity index (χ0v) is 27.3. The Morgan fingerprint density at radius 2 is 1.77 bits per heavy atom. The number of hydrogen-bond acceptors (Lipinski definition) is 5. The molecule has 6 nitrogen and oxygen atoms in total. The van der Waals surface area contributed by atoms with Gasteiger partial charge in [-0.2, -0.15) is 0 Å². The van der Waals surface area contributed by atoms with E-state index in [2.05, 4.69) is 70.8 Å². The third-order valence-corrected chi connectivity index (χ3v) is 12.6. The summed E-state index contributed by atoms with van der Waals surface area (Å²) in [4.78, 5) is 3.89. The standard InChI is InChI=1S/C37H51NO5/c1-21(2)12-13-23-10-9-11-26-30(23)25-19-24-14-17-37(40)34(7,35(24,8)31(25)38-26)16-15-28-36(37,39)20-27-32(42-28)33(5,6)43-29(41-27)18-22(3)4/h9-12,18,24,27-29,32,38-40H,13-17,19-20H2,1-8H3/t24-,27-,28-,29-,32-,34+,35+,36+,37-/m0/s1. The summed E-state index contributed by atoms with van der Waals surface area (Å²) in [7, 11) is 0. The van der Waals surface area contributed by atoms with Crippen molar-refractivity contribution in [2.75, 3.05) is 0 Å². The highest BCUT2D eigenvalue weighted by Crippen LogP contribution is 2.71. The quantitative estimate of drug-likeness (QED) is 0.343. The van der Waals surface area contributed by atoms with Crippen molar-refractivity contribution in [1.29, 1.82) is 0 Å². The zero-order valence-electron chi connectivity index (χ0n) is 27.3. The molecule has 5 aliphatic rings. The summed E-state index contributed by atoms with van der Waals surface area (Å²) < 4.78 is 19.5. The van der Waals surface area contributed by atoms with E-state index in [9.17, 15) is 10.2 Å². The number of allylic oxidation sites excluding steroid dienone is 3. The SMILES string of the molecule is CC(C)=CCc1cccc2[nH]c3c(c12)C[C@@H]1CC[C@]2(O)[C@](C)(CC[C@@H]4O[C@H]5[C@H](C[C@@]42O)O[C@H](C=C(C)C)OC5(C)C)[C@@]31C. The number of hydrogen-bond donors (Lipinski definition) is 3. The van der Waals surface area contributed by atoms with Crippen molar-refractivity contribution in [3.05, 3.63) is 58.3 Å². The van der Waals surface area contributed by atoms with E-state index < -0.39 is 34.6 Å². The van der Waals surface area contributed by atoms with Crippen LogP contribution in [0.2, 0.25) is 0 Å². The summed E-state index contributed by atoms with van der Waals surface area (Å²) in [6.45, 7) is 17.1. The van der Waals surface area contributed by atoms with Gasteiger partial charge >= 0.3 is 0 Å². The lowest BCUT2D eigenvalue weighted by atomic mass is 9.40. The van der Waals surface area contributed by atoms with Crippen LogP contribution < -0.4 is 0 Å². The molecule has 1 aromatic carbocycles. The van der Waals surface area contributed by atoms with Gasteiger partial charge in [-0.15, -0.1) is 0 Å². The molecule has 234 valence electrons. The Labute approximate surface area is 256 Å².